The minimum atomic E-state index is -0.486. The number of nitrogens with zero attached hydrogens (tertiary/aromatic N) is 3. The summed E-state index contributed by atoms with van der Waals surface area (Å²) in [5, 5.41) is 13.8. The summed E-state index contributed by atoms with van der Waals surface area (Å²) in [6.45, 7) is 5.43. The van der Waals surface area contributed by atoms with Gasteiger partial charge in [0.25, 0.3) is 0 Å². The van der Waals surface area contributed by atoms with E-state index in [1.54, 1.807) is 6.92 Å². The number of imide groups is 1. The summed E-state index contributed by atoms with van der Waals surface area (Å²) in [6.07, 6.45) is 2.22. The summed E-state index contributed by atoms with van der Waals surface area (Å²) >= 11 is 1.30. The Balaban J connectivity index is 1.75. The van der Waals surface area contributed by atoms with Crippen molar-refractivity contribution < 1.29 is 9.59 Å². The second-order valence-corrected chi connectivity index (χ2v) is 7.97. The second-order valence-electron chi connectivity index (χ2n) is 6.66. The Morgan fingerprint density at radius 3 is 2.46 bits per heavy atom. The SMILES string of the molecule is CC(C)NC(=O)NC(=O)[C@@H](C)Sc1nnc(C2CC2)n1-c1ccccc1. The summed E-state index contributed by atoms with van der Waals surface area (Å²) in [7, 11) is 0. The molecular formula is C18H23N5O2S. The van der Waals surface area contributed by atoms with Gasteiger partial charge in [0.2, 0.25) is 5.91 Å². The third kappa shape index (κ3) is 4.43. The Labute approximate surface area is 157 Å². The lowest BCUT2D eigenvalue weighted by atomic mass is 10.3. The van der Waals surface area contributed by atoms with Crippen LogP contribution in [0.15, 0.2) is 35.5 Å². The standard InChI is InChI=1S/C18H23N5O2S/c1-11(2)19-17(25)20-16(24)12(3)26-18-22-21-15(13-9-10-13)23(18)14-7-5-4-6-8-14/h4-8,11-13H,9-10H2,1-3H3,(H2,19,20,24,25)/t12-/m1/s1. The van der Waals surface area contributed by atoms with Crippen molar-refractivity contribution in [1.82, 2.24) is 25.4 Å². The molecule has 1 saturated carbocycles. The molecule has 2 N–H and O–H groups in total. The largest absolute Gasteiger partial charge is 0.336 e. The number of carbonyl (C=O) groups excluding carboxylic acids is 2. The van der Waals surface area contributed by atoms with Crippen LogP contribution >= 0.6 is 11.8 Å². The molecule has 26 heavy (non-hydrogen) atoms. The molecule has 1 fully saturated rings. The number of thioether (sulfide) groups is 1. The number of para-hydroxylation sites is 1. The van der Waals surface area contributed by atoms with E-state index in [1.807, 2.05) is 48.7 Å². The number of nitrogens with one attached hydrogen (secondary N) is 2. The van der Waals surface area contributed by atoms with Crippen molar-refractivity contribution >= 4 is 23.7 Å². The van der Waals surface area contributed by atoms with Gasteiger partial charge in [-0.2, -0.15) is 0 Å². The average Bonchev–Trinajstić information content (AvgIpc) is 3.35. The third-order valence-corrected chi connectivity index (χ3v) is 4.97. The van der Waals surface area contributed by atoms with E-state index in [0.717, 1.165) is 24.4 Å². The molecule has 1 atom stereocenters. The number of carbonyl (C=O) groups is 2. The van der Waals surface area contributed by atoms with Gasteiger partial charge in [0.1, 0.15) is 5.82 Å². The quantitative estimate of drug-likeness (QED) is 0.760. The molecule has 0 bridgehead atoms. The Bertz CT molecular complexity index is 786. The fourth-order valence-electron chi connectivity index (χ4n) is 2.51. The first kappa shape index (κ1) is 18.4. The molecule has 2 aromatic rings. The van der Waals surface area contributed by atoms with Crippen LogP contribution in [0.4, 0.5) is 4.79 Å². The lowest BCUT2D eigenvalue weighted by Gasteiger charge is -2.14. The first-order valence-electron chi connectivity index (χ1n) is 8.74. The van der Waals surface area contributed by atoms with Crippen LogP contribution in [0.1, 0.15) is 45.4 Å². The smallest absolute Gasteiger partial charge is 0.321 e. The molecule has 1 aliphatic carbocycles. The zero-order chi connectivity index (χ0) is 18.7. The highest BCUT2D eigenvalue weighted by Crippen LogP contribution is 2.41. The Kier molecular flexibility index (Phi) is 5.61. The Morgan fingerprint density at radius 2 is 1.85 bits per heavy atom. The predicted octanol–water partition coefficient (Wildman–Crippen LogP) is 2.86. The topological polar surface area (TPSA) is 88.9 Å². The highest BCUT2D eigenvalue weighted by Gasteiger charge is 2.32. The zero-order valence-electron chi connectivity index (χ0n) is 15.1. The van der Waals surface area contributed by atoms with E-state index < -0.39 is 11.3 Å². The number of hydrogen-bond donors (Lipinski definition) is 2. The van der Waals surface area contributed by atoms with Gasteiger partial charge in [0, 0.05) is 17.6 Å². The van der Waals surface area contributed by atoms with E-state index in [2.05, 4.69) is 20.8 Å². The molecule has 1 heterocycles. The maximum atomic E-state index is 12.3. The van der Waals surface area contributed by atoms with E-state index in [9.17, 15) is 9.59 Å². The second kappa shape index (κ2) is 7.90. The van der Waals surface area contributed by atoms with Crippen LogP contribution in [-0.4, -0.2) is 38.0 Å². The van der Waals surface area contributed by atoms with Crippen LogP contribution in [0.3, 0.4) is 0 Å². The molecule has 3 amide bonds. The summed E-state index contributed by atoms with van der Waals surface area (Å²) in [6, 6.07) is 9.37. The van der Waals surface area contributed by atoms with E-state index in [0.29, 0.717) is 11.1 Å². The zero-order valence-corrected chi connectivity index (χ0v) is 15.9. The first-order valence-corrected chi connectivity index (χ1v) is 9.62. The molecule has 0 radical (unpaired) electrons. The summed E-state index contributed by atoms with van der Waals surface area (Å²) in [5.41, 5.74) is 0.979. The van der Waals surface area contributed by atoms with Crippen LogP contribution in [0, 0.1) is 0 Å². The van der Waals surface area contributed by atoms with Crippen LogP contribution in [-0.2, 0) is 4.79 Å². The van der Waals surface area contributed by atoms with Gasteiger partial charge in [0.05, 0.1) is 5.25 Å². The van der Waals surface area contributed by atoms with E-state index >= 15 is 0 Å². The summed E-state index contributed by atoms with van der Waals surface area (Å²) in [5.74, 6) is 1.01. The van der Waals surface area contributed by atoms with Crippen molar-refractivity contribution in [1.29, 1.82) is 0 Å². The molecule has 1 aromatic heterocycles. The molecular weight excluding hydrogens is 350 g/mol. The maximum Gasteiger partial charge on any atom is 0.321 e. The molecule has 0 saturated heterocycles. The maximum absolute atomic E-state index is 12.3. The van der Waals surface area contributed by atoms with Crippen LogP contribution in [0.25, 0.3) is 5.69 Å². The van der Waals surface area contributed by atoms with E-state index in [4.69, 9.17) is 0 Å². The molecule has 1 aromatic carbocycles. The minimum absolute atomic E-state index is 0.0342. The molecule has 0 unspecified atom stereocenters. The van der Waals surface area contributed by atoms with Crippen LogP contribution < -0.4 is 10.6 Å². The first-order chi connectivity index (χ1) is 12.5. The third-order valence-electron chi connectivity index (χ3n) is 3.92. The van der Waals surface area contributed by atoms with E-state index in [-0.39, 0.29) is 11.9 Å². The van der Waals surface area contributed by atoms with E-state index in [1.165, 1.54) is 11.8 Å². The van der Waals surface area contributed by atoms with Crippen molar-refractivity contribution in [3.8, 4) is 5.69 Å². The molecule has 1 aliphatic rings. The van der Waals surface area contributed by atoms with Crippen LogP contribution in [0.5, 0.6) is 0 Å². The van der Waals surface area contributed by atoms with Gasteiger partial charge in [0.15, 0.2) is 5.16 Å². The molecule has 0 aliphatic heterocycles. The highest BCUT2D eigenvalue weighted by atomic mass is 32.2. The number of benzene rings is 1. The summed E-state index contributed by atoms with van der Waals surface area (Å²) in [4.78, 5) is 24.0. The number of hydrogen-bond acceptors (Lipinski definition) is 5. The number of aromatic nitrogens is 3. The van der Waals surface area contributed by atoms with Gasteiger partial charge in [-0.25, -0.2) is 4.79 Å². The van der Waals surface area contributed by atoms with Crippen molar-refractivity contribution in [3.05, 3.63) is 36.2 Å². The highest BCUT2D eigenvalue weighted by molar-refractivity contribution is 8.00. The van der Waals surface area contributed by atoms with Crippen molar-refractivity contribution in [2.24, 2.45) is 0 Å². The molecule has 138 valence electrons. The average molecular weight is 373 g/mol. The molecule has 3 rings (SSSR count). The Morgan fingerprint density at radius 1 is 1.15 bits per heavy atom. The lowest BCUT2D eigenvalue weighted by molar-refractivity contribution is -0.119. The number of rotatable bonds is 6. The number of amides is 3. The fourth-order valence-corrected chi connectivity index (χ4v) is 3.38. The van der Waals surface area contributed by atoms with Crippen molar-refractivity contribution in [2.75, 3.05) is 0 Å². The van der Waals surface area contributed by atoms with Crippen LogP contribution in [0.2, 0.25) is 0 Å². The van der Waals surface area contributed by atoms with Gasteiger partial charge in [-0.1, -0.05) is 30.0 Å². The van der Waals surface area contributed by atoms with Gasteiger partial charge < -0.3 is 5.32 Å². The molecule has 8 heteroatoms. The van der Waals surface area contributed by atoms with Crippen molar-refractivity contribution in [3.63, 3.8) is 0 Å². The number of urea groups is 1. The fraction of sp³-hybridized carbons (Fsp3) is 0.444. The summed E-state index contributed by atoms with van der Waals surface area (Å²) < 4.78 is 2.01. The van der Waals surface area contributed by atoms with Crippen molar-refractivity contribution in [2.45, 2.75) is 56.0 Å². The molecule has 0 spiro atoms. The Hall–Kier alpha value is -2.35. The van der Waals surface area contributed by atoms with Gasteiger partial charge >= 0.3 is 6.03 Å². The van der Waals surface area contributed by atoms with Gasteiger partial charge in [-0.15, -0.1) is 10.2 Å². The lowest BCUT2D eigenvalue weighted by Crippen LogP contribution is -2.45. The molecule has 7 nitrogen and oxygen atoms in total. The monoisotopic (exact) mass is 373 g/mol. The van der Waals surface area contributed by atoms with Gasteiger partial charge in [-0.05, 0) is 45.7 Å². The predicted molar refractivity (Wildman–Crippen MR) is 100 cm³/mol. The minimum Gasteiger partial charge on any atom is -0.336 e. The normalized spacial score (nSPS) is 14.9. The van der Waals surface area contributed by atoms with Gasteiger partial charge in [-0.3, -0.25) is 14.7 Å².